The first-order chi connectivity index (χ1) is 8.20. The molecule has 0 amide bonds. The molecule has 0 radical (unpaired) electrons. The molecule has 2 rings (SSSR count). The molecule has 0 aliphatic carbocycles. The van der Waals surface area contributed by atoms with Crippen LogP contribution in [-0.4, -0.2) is 0 Å². The number of rotatable bonds is 3. The van der Waals surface area contributed by atoms with Crippen LogP contribution in [0, 0.1) is 11.6 Å². The fraction of sp³-hybridized carbons (Fsp3) is 0.200. The van der Waals surface area contributed by atoms with E-state index < -0.39 is 0 Å². The van der Waals surface area contributed by atoms with Crippen LogP contribution in [-0.2, 0) is 0 Å². The van der Waals surface area contributed by atoms with Crippen molar-refractivity contribution in [1.82, 2.24) is 0 Å². The summed E-state index contributed by atoms with van der Waals surface area (Å²) in [5.74, 6) is -0.276. The van der Waals surface area contributed by atoms with E-state index in [9.17, 15) is 8.78 Å². The van der Waals surface area contributed by atoms with Crippen molar-refractivity contribution >= 4 is 0 Å². The van der Waals surface area contributed by atoms with E-state index in [0.29, 0.717) is 0 Å². The maximum atomic E-state index is 12.9. The molecule has 0 saturated heterocycles. The second-order valence-electron chi connectivity index (χ2n) is 4.06. The fourth-order valence-corrected chi connectivity index (χ4v) is 2.05. The van der Waals surface area contributed by atoms with Gasteiger partial charge in [-0.25, -0.2) is 8.78 Å². The predicted molar refractivity (Wildman–Crippen MR) is 64.9 cm³/mol. The van der Waals surface area contributed by atoms with Crippen LogP contribution in [0.3, 0.4) is 0 Å². The second-order valence-corrected chi connectivity index (χ2v) is 4.06. The highest BCUT2D eigenvalue weighted by molar-refractivity contribution is 5.32. The molecule has 0 atom stereocenters. The molecule has 0 saturated carbocycles. The molecule has 88 valence electrons. The molecule has 0 N–H and O–H groups in total. The third kappa shape index (κ3) is 2.70. The van der Waals surface area contributed by atoms with E-state index in [-0.39, 0.29) is 17.6 Å². The Kier molecular flexibility index (Phi) is 3.52. The van der Waals surface area contributed by atoms with E-state index in [0.717, 1.165) is 17.5 Å². The lowest BCUT2D eigenvalue weighted by Crippen LogP contribution is -1.99. The van der Waals surface area contributed by atoms with Crippen LogP contribution < -0.4 is 0 Å². The van der Waals surface area contributed by atoms with Crippen LogP contribution in [0.15, 0.2) is 48.5 Å². The van der Waals surface area contributed by atoms with Crippen molar-refractivity contribution in [3.05, 3.63) is 71.3 Å². The molecule has 0 heterocycles. The summed E-state index contributed by atoms with van der Waals surface area (Å²) in [5, 5.41) is 0. The first kappa shape index (κ1) is 11.8. The van der Waals surface area contributed by atoms with Gasteiger partial charge in [-0.1, -0.05) is 31.2 Å². The molecule has 0 nitrogen and oxygen atoms in total. The number of benzene rings is 2. The average Bonchev–Trinajstić information content (AvgIpc) is 2.35. The van der Waals surface area contributed by atoms with E-state index in [4.69, 9.17) is 0 Å². The molecule has 0 aromatic heterocycles. The van der Waals surface area contributed by atoms with Crippen molar-refractivity contribution in [3.63, 3.8) is 0 Å². The zero-order chi connectivity index (χ0) is 12.3. The van der Waals surface area contributed by atoms with Gasteiger partial charge in [-0.15, -0.1) is 0 Å². The SMILES string of the molecule is CCC(c1ccc(F)cc1)c1ccc(F)cc1. The highest BCUT2D eigenvalue weighted by Gasteiger charge is 2.11. The van der Waals surface area contributed by atoms with E-state index in [1.54, 1.807) is 24.3 Å². The van der Waals surface area contributed by atoms with E-state index in [2.05, 4.69) is 6.92 Å². The first-order valence-electron chi connectivity index (χ1n) is 5.71. The molecular weight excluding hydrogens is 218 g/mol. The van der Waals surface area contributed by atoms with Gasteiger partial charge in [0, 0.05) is 5.92 Å². The molecule has 2 heteroatoms. The minimum atomic E-state index is -0.234. The van der Waals surface area contributed by atoms with Crippen molar-refractivity contribution in [1.29, 1.82) is 0 Å². The van der Waals surface area contributed by atoms with Gasteiger partial charge >= 0.3 is 0 Å². The zero-order valence-corrected chi connectivity index (χ0v) is 9.66. The number of hydrogen-bond donors (Lipinski definition) is 0. The van der Waals surface area contributed by atoms with Crippen LogP contribution in [0.2, 0.25) is 0 Å². The van der Waals surface area contributed by atoms with Gasteiger partial charge in [0.2, 0.25) is 0 Å². The van der Waals surface area contributed by atoms with Crippen LogP contribution >= 0.6 is 0 Å². The van der Waals surface area contributed by atoms with Crippen molar-refractivity contribution in [3.8, 4) is 0 Å². The van der Waals surface area contributed by atoms with Gasteiger partial charge in [0.15, 0.2) is 0 Å². The monoisotopic (exact) mass is 232 g/mol. The van der Waals surface area contributed by atoms with Gasteiger partial charge in [-0.05, 0) is 41.8 Å². The van der Waals surface area contributed by atoms with E-state index in [1.165, 1.54) is 24.3 Å². The predicted octanol–water partition coefficient (Wildman–Crippen LogP) is 4.51. The Balaban J connectivity index is 2.33. The Morgan fingerprint density at radius 2 is 1.12 bits per heavy atom. The molecule has 0 spiro atoms. The first-order valence-corrected chi connectivity index (χ1v) is 5.71. The lowest BCUT2D eigenvalue weighted by Gasteiger charge is -2.15. The third-order valence-corrected chi connectivity index (χ3v) is 2.95. The minimum absolute atomic E-state index is 0.191. The Bertz CT molecular complexity index is 426. The fourth-order valence-electron chi connectivity index (χ4n) is 2.05. The highest BCUT2D eigenvalue weighted by atomic mass is 19.1. The molecule has 2 aromatic rings. The van der Waals surface area contributed by atoms with Crippen molar-refractivity contribution in [2.75, 3.05) is 0 Å². The summed E-state index contributed by atoms with van der Waals surface area (Å²) in [6.45, 7) is 2.07. The Labute approximate surface area is 99.9 Å². The van der Waals surface area contributed by atoms with Crippen LogP contribution in [0.5, 0.6) is 0 Å². The van der Waals surface area contributed by atoms with E-state index >= 15 is 0 Å². The summed E-state index contributed by atoms with van der Waals surface area (Å²) in [5.41, 5.74) is 2.11. The summed E-state index contributed by atoms with van der Waals surface area (Å²) in [6.07, 6.45) is 0.900. The van der Waals surface area contributed by atoms with Crippen LogP contribution in [0.4, 0.5) is 8.78 Å². The number of hydrogen-bond acceptors (Lipinski definition) is 0. The highest BCUT2D eigenvalue weighted by Crippen LogP contribution is 2.27. The van der Waals surface area contributed by atoms with Gasteiger partial charge < -0.3 is 0 Å². The normalized spacial score (nSPS) is 10.8. The quantitative estimate of drug-likeness (QED) is 0.730. The topological polar surface area (TPSA) is 0 Å². The summed E-state index contributed by atoms with van der Waals surface area (Å²) < 4.78 is 25.7. The van der Waals surface area contributed by atoms with Crippen LogP contribution in [0.25, 0.3) is 0 Å². The molecular formula is C15H14F2. The average molecular weight is 232 g/mol. The maximum absolute atomic E-state index is 12.9. The van der Waals surface area contributed by atoms with Crippen molar-refractivity contribution in [2.24, 2.45) is 0 Å². The lowest BCUT2D eigenvalue weighted by molar-refractivity contribution is 0.624. The van der Waals surface area contributed by atoms with Gasteiger partial charge in [0.05, 0.1) is 0 Å². The molecule has 17 heavy (non-hydrogen) atoms. The largest absolute Gasteiger partial charge is 0.207 e. The Hall–Kier alpha value is -1.70. The van der Waals surface area contributed by atoms with E-state index in [1.807, 2.05) is 0 Å². The maximum Gasteiger partial charge on any atom is 0.123 e. The lowest BCUT2D eigenvalue weighted by atomic mass is 9.89. The summed E-state index contributed by atoms with van der Waals surface area (Å²) in [4.78, 5) is 0. The van der Waals surface area contributed by atoms with Gasteiger partial charge in [0.25, 0.3) is 0 Å². The standard InChI is InChI=1S/C15H14F2/c1-2-15(11-3-7-13(16)8-4-11)12-5-9-14(17)10-6-12/h3-10,15H,2H2,1H3. The van der Waals surface area contributed by atoms with Crippen LogP contribution in [0.1, 0.15) is 30.4 Å². The van der Waals surface area contributed by atoms with Crippen molar-refractivity contribution in [2.45, 2.75) is 19.3 Å². The third-order valence-electron chi connectivity index (χ3n) is 2.95. The number of halogens is 2. The molecule has 2 aromatic carbocycles. The van der Waals surface area contributed by atoms with Gasteiger partial charge in [0.1, 0.15) is 11.6 Å². The summed E-state index contributed by atoms with van der Waals surface area (Å²) in [7, 11) is 0. The second kappa shape index (κ2) is 5.09. The molecule has 0 aliphatic heterocycles. The smallest absolute Gasteiger partial charge is 0.123 e. The minimum Gasteiger partial charge on any atom is -0.207 e. The van der Waals surface area contributed by atoms with Crippen molar-refractivity contribution < 1.29 is 8.78 Å². The van der Waals surface area contributed by atoms with Gasteiger partial charge in [-0.2, -0.15) is 0 Å². The molecule has 0 fully saturated rings. The Morgan fingerprint density at radius 3 is 1.41 bits per heavy atom. The summed E-state index contributed by atoms with van der Waals surface area (Å²) >= 11 is 0. The van der Waals surface area contributed by atoms with Gasteiger partial charge in [-0.3, -0.25) is 0 Å². The molecule has 0 unspecified atom stereocenters. The molecule has 0 aliphatic rings. The zero-order valence-electron chi connectivity index (χ0n) is 9.66. The Morgan fingerprint density at radius 1 is 0.765 bits per heavy atom. The molecule has 0 bridgehead atoms. The summed E-state index contributed by atoms with van der Waals surface area (Å²) in [6, 6.07) is 13.0.